The standard InChI is InChI=1S/C12H20ClN3O/c1-2-17-12-4-3-9(5-11(12)13)7-16-8-10(15)6-14/h3-5,10,16H,2,6-8,14-15H2,1H3. The van der Waals surface area contributed by atoms with Gasteiger partial charge in [0.25, 0.3) is 0 Å². The van der Waals surface area contributed by atoms with Crippen LogP contribution in [0, 0.1) is 0 Å². The van der Waals surface area contributed by atoms with Gasteiger partial charge in [-0.05, 0) is 24.6 Å². The van der Waals surface area contributed by atoms with Crippen molar-refractivity contribution >= 4 is 11.6 Å². The van der Waals surface area contributed by atoms with E-state index in [1.165, 1.54) is 0 Å². The van der Waals surface area contributed by atoms with Crippen molar-refractivity contribution < 1.29 is 4.74 Å². The quantitative estimate of drug-likeness (QED) is 0.684. The van der Waals surface area contributed by atoms with Crippen molar-refractivity contribution in [2.75, 3.05) is 19.7 Å². The van der Waals surface area contributed by atoms with E-state index in [4.69, 9.17) is 27.8 Å². The van der Waals surface area contributed by atoms with E-state index in [0.717, 1.165) is 17.9 Å². The molecule has 0 heterocycles. The van der Waals surface area contributed by atoms with Crippen molar-refractivity contribution in [2.24, 2.45) is 11.5 Å². The van der Waals surface area contributed by atoms with Crippen LogP contribution in [-0.4, -0.2) is 25.7 Å². The smallest absolute Gasteiger partial charge is 0.137 e. The first-order valence-electron chi connectivity index (χ1n) is 5.75. The molecule has 5 N–H and O–H groups in total. The summed E-state index contributed by atoms with van der Waals surface area (Å²) in [6.45, 7) is 4.45. The second kappa shape index (κ2) is 7.50. The fourth-order valence-corrected chi connectivity index (χ4v) is 1.67. The van der Waals surface area contributed by atoms with Crippen molar-refractivity contribution in [3.63, 3.8) is 0 Å². The van der Waals surface area contributed by atoms with E-state index < -0.39 is 0 Å². The molecule has 17 heavy (non-hydrogen) atoms. The van der Waals surface area contributed by atoms with Crippen molar-refractivity contribution in [3.8, 4) is 5.75 Å². The number of nitrogens with one attached hydrogen (secondary N) is 1. The number of ether oxygens (including phenoxy) is 1. The molecule has 5 heteroatoms. The van der Waals surface area contributed by atoms with Crippen LogP contribution in [-0.2, 0) is 6.54 Å². The molecule has 1 atom stereocenters. The van der Waals surface area contributed by atoms with Crippen LogP contribution in [0.25, 0.3) is 0 Å². The Hall–Kier alpha value is -0.810. The zero-order valence-corrected chi connectivity index (χ0v) is 10.8. The number of halogens is 1. The van der Waals surface area contributed by atoms with Gasteiger partial charge >= 0.3 is 0 Å². The van der Waals surface area contributed by atoms with Crippen LogP contribution in [0.4, 0.5) is 0 Å². The number of nitrogens with two attached hydrogens (primary N) is 2. The van der Waals surface area contributed by atoms with E-state index in [0.29, 0.717) is 24.7 Å². The molecule has 0 fully saturated rings. The van der Waals surface area contributed by atoms with Crippen LogP contribution in [0.1, 0.15) is 12.5 Å². The predicted molar refractivity (Wildman–Crippen MR) is 71.4 cm³/mol. The lowest BCUT2D eigenvalue weighted by Gasteiger charge is -2.11. The molecule has 0 saturated carbocycles. The maximum Gasteiger partial charge on any atom is 0.137 e. The molecule has 4 nitrogen and oxygen atoms in total. The van der Waals surface area contributed by atoms with Gasteiger partial charge in [0.1, 0.15) is 5.75 Å². The fraction of sp³-hybridized carbons (Fsp3) is 0.500. The highest BCUT2D eigenvalue weighted by Crippen LogP contribution is 2.25. The number of hydrogen-bond acceptors (Lipinski definition) is 4. The summed E-state index contributed by atoms with van der Waals surface area (Å²) in [5.74, 6) is 0.719. The Morgan fingerprint density at radius 2 is 2.24 bits per heavy atom. The number of rotatable bonds is 7. The molecular formula is C12H20ClN3O. The van der Waals surface area contributed by atoms with Crippen molar-refractivity contribution in [1.29, 1.82) is 0 Å². The minimum Gasteiger partial charge on any atom is -0.492 e. The molecule has 1 unspecified atom stereocenters. The first-order chi connectivity index (χ1) is 8.17. The van der Waals surface area contributed by atoms with Gasteiger partial charge in [0.15, 0.2) is 0 Å². The van der Waals surface area contributed by atoms with Crippen LogP contribution in [0.2, 0.25) is 5.02 Å². The van der Waals surface area contributed by atoms with Gasteiger partial charge in [0, 0.05) is 25.7 Å². The molecular weight excluding hydrogens is 238 g/mol. The predicted octanol–water partition coefficient (Wildman–Crippen LogP) is 1.11. The molecule has 0 bridgehead atoms. The van der Waals surface area contributed by atoms with Gasteiger partial charge in [-0.1, -0.05) is 17.7 Å². The monoisotopic (exact) mass is 257 g/mol. The lowest BCUT2D eigenvalue weighted by atomic mass is 10.2. The first kappa shape index (κ1) is 14.3. The molecule has 0 aromatic heterocycles. The van der Waals surface area contributed by atoms with Crippen LogP contribution in [0.3, 0.4) is 0 Å². The average Bonchev–Trinajstić information content (AvgIpc) is 2.32. The third-order valence-corrected chi connectivity index (χ3v) is 2.63. The van der Waals surface area contributed by atoms with Crippen LogP contribution in [0.5, 0.6) is 5.75 Å². The number of hydrogen-bond donors (Lipinski definition) is 3. The van der Waals surface area contributed by atoms with E-state index in [9.17, 15) is 0 Å². The molecule has 0 aliphatic heterocycles. The van der Waals surface area contributed by atoms with Gasteiger partial charge in [-0.15, -0.1) is 0 Å². The molecule has 0 spiro atoms. The van der Waals surface area contributed by atoms with E-state index in [2.05, 4.69) is 5.32 Å². The Morgan fingerprint density at radius 1 is 1.47 bits per heavy atom. The Balaban J connectivity index is 2.47. The summed E-state index contributed by atoms with van der Waals surface area (Å²) in [4.78, 5) is 0. The molecule has 0 saturated heterocycles. The Labute approximate surface area is 107 Å². The lowest BCUT2D eigenvalue weighted by Crippen LogP contribution is -2.39. The van der Waals surface area contributed by atoms with Gasteiger partial charge in [-0.3, -0.25) is 0 Å². The van der Waals surface area contributed by atoms with Gasteiger partial charge in [-0.25, -0.2) is 0 Å². The summed E-state index contributed by atoms with van der Waals surface area (Å²) in [5.41, 5.74) is 12.2. The lowest BCUT2D eigenvalue weighted by molar-refractivity contribution is 0.340. The topological polar surface area (TPSA) is 73.3 Å². The zero-order valence-electron chi connectivity index (χ0n) is 10.1. The molecule has 0 amide bonds. The molecule has 1 aromatic carbocycles. The Bertz CT molecular complexity index is 347. The van der Waals surface area contributed by atoms with Gasteiger partial charge < -0.3 is 21.5 Å². The molecule has 0 radical (unpaired) electrons. The van der Waals surface area contributed by atoms with E-state index >= 15 is 0 Å². The van der Waals surface area contributed by atoms with Crippen molar-refractivity contribution in [3.05, 3.63) is 28.8 Å². The zero-order chi connectivity index (χ0) is 12.7. The molecule has 0 aliphatic rings. The van der Waals surface area contributed by atoms with Gasteiger partial charge in [0.2, 0.25) is 0 Å². The van der Waals surface area contributed by atoms with Crippen LogP contribution < -0.4 is 21.5 Å². The van der Waals surface area contributed by atoms with E-state index in [-0.39, 0.29) is 6.04 Å². The minimum absolute atomic E-state index is 0.00632. The third-order valence-electron chi connectivity index (χ3n) is 2.33. The highest BCUT2D eigenvalue weighted by molar-refractivity contribution is 6.32. The van der Waals surface area contributed by atoms with E-state index in [1.807, 2.05) is 25.1 Å². The Morgan fingerprint density at radius 3 is 2.82 bits per heavy atom. The van der Waals surface area contributed by atoms with Crippen molar-refractivity contribution in [2.45, 2.75) is 19.5 Å². The summed E-state index contributed by atoms with van der Waals surface area (Å²) in [6, 6.07) is 5.75. The highest BCUT2D eigenvalue weighted by atomic mass is 35.5. The van der Waals surface area contributed by atoms with Crippen LogP contribution >= 0.6 is 11.6 Å². The van der Waals surface area contributed by atoms with Gasteiger partial charge in [-0.2, -0.15) is 0 Å². The maximum atomic E-state index is 6.08. The summed E-state index contributed by atoms with van der Waals surface area (Å²) >= 11 is 6.08. The van der Waals surface area contributed by atoms with Gasteiger partial charge in [0.05, 0.1) is 11.6 Å². The fourth-order valence-electron chi connectivity index (χ4n) is 1.41. The Kier molecular flexibility index (Phi) is 6.29. The molecule has 1 aromatic rings. The first-order valence-corrected chi connectivity index (χ1v) is 6.12. The average molecular weight is 258 g/mol. The summed E-state index contributed by atoms with van der Waals surface area (Å²) in [6.07, 6.45) is 0. The second-order valence-corrected chi connectivity index (χ2v) is 4.23. The molecule has 96 valence electrons. The minimum atomic E-state index is -0.00632. The largest absolute Gasteiger partial charge is 0.492 e. The van der Waals surface area contributed by atoms with Crippen LogP contribution in [0.15, 0.2) is 18.2 Å². The van der Waals surface area contributed by atoms with Crippen molar-refractivity contribution in [1.82, 2.24) is 5.32 Å². The third kappa shape index (κ3) is 4.91. The summed E-state index contributed by atoms with van der Waals surface area (Å²) in [7, 11) is 0. The molecule has 0 aliphatic carbocycles. The second-order valence-electron chi connectivity index (χ2n) is 3.82. The number of benzene rings is 1. The normalized spacial score (nSPS) is 12.5. The molecule has 1 rings (SSSR count). The maximum absolute atomic E-state index is 6.08. The van der Waals surface area contributed by atoms with E-state index in [1.54, 1.807) is 0 Å². The SMILES string of the molecule is CCOc1ccc(CNCC(N)CN)cc1Cl. The summed E-state index contributed by atoms with van der Waals surface area (Å²) in [5, 5.41) is 3.86. The highest BCUT2D eigenvalue weighted by Gasteiger charge is 2.03. The summed E-state index contributed by atoms with van der Waals surface area (Å²) < 4.78 is 5.36.